The Bertz CT molecular complexity index is 1190. The molecule has 0 saturated carbocycles. The number of imidazole rings is 1. The molecule has 5 N–H and O–H groups in total. The number of phenolic OH excluding ortho intramolecular Hbond substituents is 1. The van der Waals surface area contributed by atoms with Crippen LogP contribution in [0.25, 0.3) is 11.2 Å². The molecule has 0 saturated heterocycles. The maximum Gasteiger partial charge on any atom is 0.332 e. The minimum absolute atomic E-state index is 0. The van der Waals surface area contributed by atoms with Crippen LogP contribution in [0.3, 0.4) is 0 Å². The van der Waals surface area contributed by atoms with Gasteiger partial charge in [0.05, 0.1) is 19.3 Å². The summed E-state index contributed by atoms with van der Waals surface area (Å²) < 4.78 is 3.83. The highest BCUT2D eigenvalue weighted by molar-refractivity contribution is 5.85. The average molecular weight is 483 g/mol. The summed E-state index contributed by atoms with van der Waals surface area (Å²) in [6, 6.07) is 7.03. The molecular formula is C21H31ClN6O5. The van der Waals surface area contributed by atoms with Gasteiger partial charge in [0.25, 0.3) is 5.56 Å². The number of anilines is 1. The van der Waals surface area contributed by atoms with Crippen LogP contribution < -0.4 is 21.9 Å². The number of halogens is 1. The summed E-state index contributed by atoms with van der Waals surface area (Å²) in [4.78, 5) is 29.4. The maximum atomic E-state index is 12.8. The second-order valence-corrected chi connectivity index (χ2v) is 7.91. The van der Waals surface area contributed by atoms with Crippen LogP contribution in [-0.2, 0) is 27.1 Å². The molecule has 2 unspecified atom stereocenters. The number of rotatable bonds is 10. The smallest absolute Gasteiger partial charge is 0.332 e. The van der Waals surface area contributed by atoms with Crippen molar-refractivity contribution >= 4 is 29.5 Å². The van der Waals surface area contributed by atoms with E-state index in [2.05, 4.69) is 15.6 Å². The highest BCUT2D eigenvalue weighted by atomic mass is 35.5. The summed E-state index contributed by atoms with van der Waals surface area (Å²) in [5.41, 5.74) is 0.461. The third-order valence-electron chi connectivity index (χ3n) is 5.32. The largest absolute Gasteiger partial charge is 0.508 e. The average Bonchev–Trinajstić information content (AvgIpc) is 3.13. The number of aliphatic hydroxyl groups excluding tert-OH is 2. The van der Waals surface area contributed by atoms with E-state index < -0.39 is 17.4 Å². The molecule has 0 spiro atoms. The Balaban J connectivity index is 0.00000385. The molecule has 2 aromatic heterocycles. The minimum atomic E-state index is -0.841. The van der Waals surface area contributed by atoms with Crippen molar-refractivity contribution in [1.29, 1.82) is 0 Å². The molecule has 2 atom stereocenters. The molecule has 0 fully saturated rings. The molecule has 0 aliphatic heterocycles. The molecule has 11 nitrogen and oxygen atoms in total. The van der Waals surface area contributed by atoms with Gasteiger partial charge in [-0.3, -0.25) is 13.9 Å². The molecule has 12 heteroatoms. The first kappa shape index (κ1) is 26.4. The van der Waals surface area contributed by atoms with Gasteiger partial charge in [-0.1, -0.05) is 12.1 Å². The van der Waals surface area contributed by atoms with Gasteiger partial charge >= 0.3 is 5.69 Å². The van der Waals surface area contributed by atoms with E-state index in [1.807, 2.05) is 19.1 Å². The second-order valence-electron chi connectivity index (χ2n) is 7.91. The van der Waals surface area contributed by atoms with Gasteiger partial charge < -0.3 is 30.5 Å². The Morgan fingerprint density at radius 1 is 1.12 bits per heavy atom. The van der Waals surface area contributed by atoms with Gasteiger partial charge in [0, 0.05) is 33.2 Å². The normalized spacial score (nSPS) is 13.0. The van der Waals surface area contributed by atoms with Crippen molar-refractivity contribution in [2.24, 2.45) is 14.1 Å². The summed E-state index contributed by atoms with van der Waals surface area (Å²) >= 11 is 0. The number of benzene rings is 1. The second kappa shape index (κ2) is 11.3. The first-order valence-corrected chi connectivity index (χ1v) is 10.4. The molecule has 0 amide bonds. The summed E-state index contributed by atoms with van der Waals surface area (Å²) in [5, 5.41) is 35.4. The van der Waals surface area contributed by atoms with Crippen LogP contribution in [0.4, 0.5) is 5.95 Å². The molecule has 3 aromatic rings. The third-order valence-corrected chi connectivity index (χ3v) is 5.32. The van der Waals surface area contributed by atoms with E-state index in [-0.39, 0.29) is 61.6 Å². The number of aromatic nitrogens is 4. The summed E-state index contributed by atoms with van der Waals surface area (Å²) in [6.45, 7) is 2.39. The van der Waals surface area contributed by atoms with Crippen LogP contribution in [0.1, 0.15) is 12.5 Å². The highest BCUT2D eigenvalue weighted by Crippen LogP contribution is 2.16. The molecular weight excluding hydrogens is 452 g/mol. The van der Waals surface area contributed by atoms with Gasteiger partial charge in [-0.25, -0.2) is 4.79 Å². The van der Waals surface area contributed by atoms with Crippen molar-refractivity contribution in [3.63, 3.8) is 0 Å². The number of phenols is 1. The molecule has 182 valence electrons. The SMILES string of the molecule is CC(Cc1ccc(O)cc1)NCC(O)Cn1c(NCCO)nc2c1c(=O)n(C)c(=O)n2C.Cl. The Hall–Kier alpha value is -2.86. The first-order chi connectivity index (χ1) is 15.2. The van der Waals surface area contributed by atoms with Crippen molar-refractivity contribution < 1.29 is 15.3 Å². The number of nitrogens with zero attached hydrogens (tertiary/aromatic N) is 4. The van der Waals surface area contributed by atoms with Gasteiger partial charge in [-0.15, -0.1) is 12.4 Å². The molecule has 0 aliphatic carbocycles. The predicted octanol–water partition coefficient (Wildman–Crippen LogP) is -0.453. The lowest BCUT2D eigenvalue weighted by Crippen LogP contribution is -2.39. The zero-order valence-electron chi connectivity index (χ0n) is 18.9. The van der Waals surface area contributed by atoms with E-state index in [1.165, 1.54) is 18.7 Å². The lowest BCUT2D eigenvalue weighted by Gasteiger charge is -2.19. The molecule has 0 bridgehead atoms. The molecule has 33 heavy (non-hydrogen) atoms. The third kappa shape index (κ3) is 5.93. The van der Waals surface area contributed by atoms with E-state index in [1.54, 1.807) is 16.7 Å². The van der Waals surface area contributed by atoms with Crippen molar-refractivity contribution in [3.05, 3.63) is 50.7 Å². The Labute approximate surface area is 196 Å². The number of fused-ring (bicyclic) bond motifs is 1. The van der Waals surface area contributed by atoms with E-state index >= 15 is 0 Å². The topological polar surface area (TPSA) is 147 Å². The van der Waals surface area contributed by atoms with Gasteiger partial charge in [0.15, 0.2) is 11.2 Å². The lowest BCUT2D eigenvalue weighted by atomic mass is 10.1. The van der Waals surface area contributed by atoms with Gasteiger partial charge in [-0.05, 0) is 31.0 Å². The van der Waals surface area contributed by atoms with Crippen molar-refractivity contribution in [3.8, 4) is 5.75 Å². The van der Waals surface area contributed by atoms with E-state index in [0.717, 1.165) is 10.1 Å². The van der Waals surface area contributed by atoms with Crippen LogP contribution in [0.5, 0.6) is 5.75 Å². The summed E-state index contributed by atoms with van der Waals surface area (Å²) in [5.74, 6) is 0.509. The Morgan fingerprint density at radius 2 is 1.79 bits per heavy atom. The van der Waals surface area contributed by atoms with Crippen LogP contribution in [0.2, 0.25) is 0 Å². The van der Waals surface area contributed by atoms with Crippen LogP contribution >= 0.6 is 12.4 Å². The maximum absolute atomic E-state index is 12.8. The van der Waals surface area contributed by atoms with Gasteiger partial charge in [0.2, 0.25) is 5.95 Å². The standard InChI is InChI=1S/C21H30N6O5.ClH/c1-13(10-14-4-6-15(29)7-5-14)23-11-16(30)12-27-17-18(24-20(27)22-8-9-28)25(2)21(32)26(3)19(17)31;/h4-7,13,16,23,28-30H,8-12H2,1-3H3,(H,22,24);1H. The zero-order chi connectivity index (χ0) is 23.4. The van der Waals surface area contributed by atoms with Crippen LogP contribution in [-0.4, -0.2) is 65.8 Å². The number of aromatic hydroxyl groups is 1. The molecule has 3 rings (SSSR count). The molecule has 1 aromatic carbocycles. The number of aryl methyl sites for hydroxylation is 1. The summed E-state index contributed by atoms with van der Waals surface area (Å²) in [7, 11) is 2.92. The summed E-state index contributed by atoms with van der Waals surface area (Å²) in [6.07, 6.45) is -0.126. The fourth-order valence-electron chi connectivity index (χ4n) is 3.60. The van der Waals surface area contributed by atoms with Crippen molar-refractivity contribution in [1.82, 2.24) is 24.0 Å². The van der Waals surface area contributed by atoms with Gasteiger partial charge in [-0.2, -0.15) is 4.98 Å². The van der Waals surface area contributed by atoms with E-state index in [9.17, 15) is 19.8 Å². The van der Waals surface area contributed by atoms with Crippen LogP contribution in [0.15, 0.2) is 33.9 Å². The van der Waals surface area contributed by atoms with Crippen LogP contribution in [0, 0.1) is 0 Å². The number of nitrogens with one attached hydrogen (secondary N) is 2. The highest BCUT2D eigenvalue weighted by Gasteiger charge is 2.21. The number of aliphatic hydroxyl groups is 2. The fraction of sp³-hybridized carbons (Fsp3) is 0.476. The van der Waals surface area contributed by atoms with E-state index in [0.29, 0.717) is 12.4 Å². The Morgan fingerprint density at radius 3 is 2.42 bits per heavy atom. The van der Waals surface area contributed by atoms with Crippen molar-refractivity contribution in [2.45, 2.75) is 32.0 Å². The van der Waals surface area contributed by atoms with E-state index in [4.69, 9.17) is 5.11 Å². The number of hydrogen-bond acceptors (Lipinski definition) is 8. The fourth-order valence-corrected chi connectivity index (χ4v) is 3.60. The number of hydrogen-bond donors (Lipinski definition) is 5. The monoisotopic (exact) mass is 482 g/mol. The Kier molecular flexibility index (Phi) is 9.06. The first-order valence-electron chi connectivity index (χ1n) is 10.4. The quantitative estimate of drug-likeness (QED) is 0.261. The lowest BCUT2D eigenvalue weighted by molar-refractivity contribution is 0.150. The molecule has 0 radical (unpaired) electrons. The minimum Gasteiger partial charge on any atom is -0.508 e. The van der Waals surface area contributed by atoms with Crippen molar-refractivity contribution in [2.75, 3.05) is 25.0 Å². The molecule has 0 aliphatic rings. The van der Waals surface area contributed by atoms with Gasteiger partial charge in [0.1, 0.15) is 5.75 Å². The predicted molar refractivity (Wildman–Crippen MR) is 128 cm³/mol. The zero-order valence-corrected chi connectivity index (χ0v) is 19.7. The molecule has 2 heterocycles.